The third-order valence-electron chi connectivity index (χ3n) is 20.8. The molecule has 0 radical (unpaired) electrons. The average molecular weight is 1640 g/mol. The molecule has 0 aliphatic carbocycles. The molecule has 32 N–H and O–H groups in total. The van der Waals surface area contributed by atoms with Crippen molar-refractivity contribution in [3.8, 4) is 0 Å². The molecule has 51 nitrogen and oxygen atoms in total. The minimum Gasteiger partial charge on any atom is -0.394 e. The summed E-state index contributed by atoms with van der Waals surface area (Å²) in [5, 5.41) is 340. The molecule has 10 aliphatic heterocycles. The first-order chi connectivity index (χ1) is 52.6. The largest absolute Gasteiger partial charge is 0.394 e. The highest BCUT2D eigenvalue weighted by molar-refractivity contribution is 5.03. The Morgan fingerprint density at radius 3 is 0.793 bits per heavy atom. The fraction of sp³-hybridized carbons (Fsp3) is 1.00. The Kier molecular flexibility index (Phi) is 32.4. The van der Waals surface area contributed by atoms with Crippen molar-refractivity contribution in [2.24, 2.45) is 0 Å². The molecule has 0 aromatic carbocycles. The van der Waals surface area contributed by atoms with Crippen LogP contribution in [0.2, 0.25) is 0 Å². The van der Waals surface area contributed by atoms with E-state index in [4.69, 9.17) is 90.0 Å². The minimum absolute atomic E-state index is 0.819. The van der Waals surface area contributed by atoms with Crippen LogP contribution < -0.4 is 0 Å². The summed E-state index contributed by atoms with van der Waals surface area (Å²) in [6, 6.07) is 0. The van der Waals surface area contributed by atoms with Gasteiger partial charge in [-0.15, -0.1) is 0 Å². The van der Waals surface area contributed by atoms with Gasteiger partial charge in [0.1, 0.15) is 244 Å². The Hall–Kier alpha value is -2.04. The van der Waals surface area contributed by atoms with Crippen LogP contribution in [0.25, 0.3) is 0 Å². The molecule has 0 amide bonds. The number of ether oxygens (including phenoxy) is 19. The lowest BCUT2D eigenvalue weighted by Crippen LogP contribution is -2.64. The summed E-state index contributed by atoms with van der Waals surface area (Å²) in [4.78, 5) is 0. The van der Waals surface area contributed by atoms with Gasteiger partial charge in [-0.25, -0.2) is 0 Å². The molecule has 51 heteroatoms. The normalized spacial score (nSPS) is 49.8. The maximum absolute atomic E-state index is 11.2. The molecule has 111 heavy (non-hydrogen) atoms. The Morgan fingerprint density at radius 2 is 0.486 bits per heavy atom. The molecule has 0 aromatic rings. The van der Waals surface area contributed by atoms with Crippen LogP contribution in [0.4, 0.5) is 0 Å². The summed E-state index contributed by atoms with van der Waals surface area (Å²) in [5.74, 6) is 0. The summed E-state index contributed by atoms with van der Waals surface area (Å²) in [6.45, 7) is -10.0. The van der Waals surface area contributed by atoms with E-state index in [1.54, 1.807) is 0 Å². The zero-order chi connectivity index (χ0) is 81.4. The van der Waals surface area contributed by atoms with Gasteiger partial charge >= 0.3 is 0 Å². The van der Waals surface area contributed by atoms with E-state index in [-0.39, 0.29) is 0 Å². The van der Waals surface area contributed by atoms with Crippen LogP contribution in [0.1, 0.15) is 0 Å². The second-order valence-corrected chi connectivity index (χ2v) is 28.1. The van der Waals surface area contributed by atoms with E-state index in [0.29, 0.717) is 0 Å². The van der Waals surface area contributed by atoms with Gasteiger partial charge < -0.3 is 253 Å². The highest BCUT2D eigenvalue weighted by Crippen LogP contribution is 2.40. The van der Waals surface area contributed by atoms with Crippen molar-refractivity contribution < 1.29 is 253 Å². The van der Waals surface area contributed by atoms with E-state index in [9.17, 15) is 163 Å². The van der Waals surface area contributed by atoms with Crippen molar-refractivity contribution in [3.05, 3.63) is 0 Å². The molecule has 10 saturated heterocycles. The Bertz CT molecular complexity index is 2790. The molecular formula is C60H102O51. The Balaban J connectivity index is 0.665. The van der Waals surface area contributed by atoms with Crippen molar-refractivity contribution in [1.29, 1.82) is 0 Å². The minimum atomic E-state index is -2.12. The molecule has 10 rings (SSSR count). The molecule has 10 aliphatic rings. The first-order valence-electron chi connectivity index (χ1n) is 35.2. The summed E-state index contributed by atoms with van der Waals surface area (Å²) >= 11 is 0. The maximum Gasteiger partial charge on any atom is 0.187 e. The second-order valence-electron chi connectivity index (χ2n) is 28.1. The van der Waals surface area contributed by atoms with Crippen LogP contribution in [0, 0.1) is 0 Å². The fourth-order valence-corrected chi connectivity index (χ4v) is 14.3. The van der Waals surface area contributed by atoms with E-state index in [1.807, 2.05) is 0 Å². The van der Waals surface area contributed by atoms with E-state index >= 15 is 0 Å². The van der Waals surface area contributed by atoms with Crippen molar-refractivity contribution in [3.63, 3.8) is 0 Å². The van der Waals surface area contributed by atoms with Crippen LogP contribution in [0.3, 0.4) is 0 Å². The Morgan fingerprint density at radius 1 is 0.225 bits per heavy atom. The van der Waals surface area contributed by atoms with Crippen molar-refractivity contribution in [2.75, 3.05) is 66.1 Å². The summed E-state index contributed by atoms with van der Waals surface area (Å²) < 4.78 is 105. The molecule has 0 aromatic heterocycles. The number of rotatable bonds is 36. The topological polar surface area (TPSA) is 823 Å². The molecule has 0 unspecified atom stereocenters. The highest BCUT2D eigenvalue weighted by atomic mass is 16.8. The molecule has 0 spiro atoms. The first-order valence-corrected chi connectivity index (χ1v) is 35.2. The van der Waals surface area contributed by atoms with Crippen LogP contribution in [0.5, 0.6) is 0 Å². The standard InChI is InChI=1S/C60H102O51/c61-1-11(69)42-25(75)36(86)55(103-42)97-16(5-65)46-30(80)40(90)59(108-46)101-19(8-68)49-32(82)41(91)60(110-49)102-18(7-67)48-31(81)39(89)57(109-48)99-14(3-63)44-27(77)34(84)52(105-44)93-9-12(70)43-26(76)37(87)56(104-43)98-17(6-66)47-29(79)38(88)58(107-47)100-15(4-64)45-28(78)35(85)53(106-45)94-10-20-22(72)24(74)50(51(92)95-20)111-54-33(83)23(73)21(71)13(2-62)96-54/h11-92H,1-10H2/t11-,12-,13-,14-,15-,16-,17-,18-,19-,20-,21-,22-,23+,24+,25-,26-,27-,28-,29-,30-,31-,32-,33+,34-,35-,36-,37-,38-,39-,40-,41-,42+,43+,44+,45+,46+,47+,48+,49+,50+,51+,52-,53-,54-,55-,56-,57-,58-,59-,60-/m1/s1. The zero-order valence-electron chi connectivity index (χ0n) is 58.0. The lowest BCUT2D eigenvalue weighted by Gasteiger charge is -2.45. The summed E-state index contributed by atoms with van der Waals surface area (Å²) in [5.41, 5.74) is 0. The molecule has 50 atom stereocenters. The third kappa shape index (κ3) is 19.1. The highest BCUT2D eigenvalue weighted by Gasteiger charge is 2.61. The lowest BCUT2D eigenvalue weighted by atomic mass is 9.97. The van der Waals surface area contributed by atoms with Crippen molar-refractivity contribution in [1.82, 2.24) is 0 Å². The third-order valence-corrected chi connectivity index (χ3v) is 20.8. The second kappa shape index (κ2) is 39.4. The number of aliphatic hydroxyl groups excluding tert-OH is 32. The average Bonchev–Trinajstić information content (AvgIpc) is 1.75. The van der Waals surface area contributed by atoms with Crippen molar-refractivity contribution in [2.45, 2.75) is 307 Å². The molecule has 10 heterocycles. The van der Waals surface area contributed by atoms with Gasteiger partial charge in [0, 0.05) is 0 Å². The maximum atomic E-state index is 11.2. The number of hydrogen-bond acceptors (Lipinski definition) is 51. The van der Waals surface area contributed by atoms with E-state index in [1.165, 1.54) is 0 Å². The molecule has 10 fully saturated rings. The Labute approximate surface area is 625 Å². The van der Waals surface area contributed by atoms with Crippen LogP contribution in [0.15, 0.2) is 0 Å². The fourth-order valence-electron chi connectivity index (χ4n) is 14.3. The SMILES string of the molecule is OC[C@@H](O)[C@@H]1O[C@@H](O[C@H](CO)[C@@H]2O[C@@H](O[C@H](CO)[C@@H]3O[C@@H](O[C@H](CO)[C@@H]4O[C@@H](O[C@H](CO)[C@@H]5O[C@@H](OC[C@@H](O)[C@@H]6O[C@@H](O[C@H](CO)[C@@H]7O[C@@H](O[C@H](CO)[C@@H]8O[C@@H](OC[C@H]9O[C@H](O)[C@@H](O[C@H]%10O[C@H](CO)[C@@H](O)[C@H](O)[C@@H]%10O)[C@@H](O)[C@@H]9O)[C@H](O)[C@H]8O)[C@H](O)[C@H]7O)[C@H](O)[C@H]6O)[C@H](O)[C@H]5O)[C@H](O)[C@H]4O)[C@H](O)[C@H]3O)[C@H](O)[C@H]2O)[C@H](O)[C@H]1O. The van der Waals surface area contributed by atoms with E-state index < -0.39 is 373 Å². The lowest BCUT2D eigenvalue weighted by molar-refractivity contribution is -0.364. The van der Waals surface area contributed by atoms with Gasteiger partial charge in [-0.2, -0.15) is 0 Å². The predicted octanol–water partition coefficient (Wildman–Crippen LogP) is -22.8. The number of aliphatic hydroxyl groups is 32. The van der Waals surface area contributed by atoms with E-state index in [0.717, 1.165) is 0 Å². The number of hydrogen-bond donors (Lipinski definition) is 32. The smallest absolute Gasteiger partial charge is 0.187 e. The van der Waals surface area contributed by atoms with E-state index in [2.05, 4.69) is 0 Å². The molecule has 0 saturated carbocycles. The van der Waals surface area contributed by atoms with Gasteiger partial charge in [0.2, 0.25) is 0 Å². The van der Waals surface area contributed by atoms with Gasteiger partial charge in [0.15, 0.2) is 62.9 Å². The summed E-state index contributed by atoms with van der Waals surface area (Å²) in [7, 11) is 0. The molecule has 648 valence electrons. The van der Waals surface area contributed by atoms with Gasteiger partial charge in [-0.1, -0.05) is 0 Å². The summed E-state index contributed by atoms with van der Waals surface area (Å²) in [6.07, 6.45) is -94.9. The monoisotopic (exact) mass is 1640 g/mol. The van der Waals surface area contributed by atoms with Gasteiger partial charge in [0.05, 0.1) is 66.1 Å². The van der Waals surface area contributed by atoms with Gasteiger partial charge in [-0.05, 0) is 0 Å². The van der Waals surface area contributed by atoms with Crippen LogP contribution >= 0.6 is 0 Å². The van der Waals surface area contributed by atoms with Crippen molar-refractivity contribution >= 4 is 0 Å². The van der Waals surface area contributed by atoms with Crippen LogP contribution in [-0.4, -0.2) is 537 Å². The quantitative estimate of drug-likeness (QED) is 0.0277. The molecule has 0 bridgehead atoms. The van der Waals surface area contributed by atoms with Gasteiger partial charge in [0.25, 0.3) is 0 Å². The zero-order valence-corrected chi connectivity index (χ0v) is 58.0. The first kappa shape index (κ1) is 91.3. The molecular weight excluding hydrogens is 1540 g/mol. The predicted molar refractivity (Wildman–Crippen MR) is 330 cm³/mol. The van der Waals surface area contributed by atoms with Gasteiger partial charge in [-0.3, -0.25) is 0 Å². The van der Waals surface area contributed by atoms with Crippen LogP contribution in [-0.2, 0) is 90.0 Å².